The monoisotopic (exact) mass is 509 g/mol. The number of nitrogen functional groups attached to an aromatic ring is 1. The van der Waals surface area contributed by atoms with Crippen LogP contribution in [0.1, 0.15) is 29.4 Å². The summed E-state index contributed by atoms with van der Waals surface area (Å²) in [7, 11) is 2.99. The van der Waals surface area contributed by atoms with Gasteiger partial charge in [0.15, 0.2) is 11.5 Å². The number of halogens is 5. The molecule has 0 unspecified atom stereocenters. The zero-order valence-electron chi connectivity index (χ0n) is 18.5. The topological polar surface area (TPSA) is 157 Å². The molecule has 3 N–H and O–H groups in total. The Labute approximate surface area is 197 Å². The molecule has 5 heterocycles. The van der Waals surface area contributed by atoms with Crippen LogP contribution in [0.4, 0.5) is 33.6 Å². The molecule has 4 aromatic rings. The van der Waals surface area contributed by atoms with Crippen molar-refractivity contribution < 1.29 is 26.7 Å². The zero-order chi connectivity index (χ0) is 26.0. The summed E-state index contributed by atoms with van der Waals surface area (Å²) in [5, 5.41) is 14.5. The van der Waals surface area contributed by atoms with Crippen molar-refractivity contribution >= 4 is 28.6 Å². The van der Waals surface area contributed by atoms with Crippen LogP contribution in [0.5, 0.6) is 0 Å². The van der Waals surface area contributed by atoms with Gasteiger partial charge >= 0.3 is 12.1 Å². The predicted octanol–water partition coefficient (Wildman–Crippen LogP) is 1.76. The number of carbonyl (C=O) groups is 1. The third-order valence-electron chi connectivity index (χ3n) is 5.80. The van der Waals surface area contributed by atoms with E-state index in [0.717, 1.165) is 0 Å². The van der Waals surface area contributed by atoms with Crippen LogP contribution in [-0.4, -0.2) is 70.2 Å². The second-order valence-corrected chi connectivity index (χ2v) is 8.09. The standard InChI is InChI=1S/C19H16F5N11O/c1-34-16-11(10(17(34)36)8-6-26-33-32-8)13(25)30-14(31-16)12-7-5-27-35(2)15(7)29-9(28-12)3-4-18(20,21)19(22,23)24/h5-6,10H,3-4H2,1-2H3,(H2,25,30,31)(H,26,32,33)/t10-/m1/s1. The molecule has 17 heteroatoms. The average Bonchev–Trinajstić information content (AvgIpc) is 3.52. The molecule has 0 fully saturated rings. The molecule has 0 spiro atoms. The smallest absolute Gasteiger partial charge is 0.383 e. The second-order valence-electron chi connectivity index (χ2n) is 8.09. The van der Waals surface area contributed by atoms with Crippen molar-refractivity contribution in [2.24, 2.45) is 7.05 Å². The number of anilines is 2. The number of nitrogens with one attached hydrogen (secondary N) is 1. The van der Waals surface area contributed by atoms with Crippen LogP contribution in [0.2, 0.25) is 0 Å². The number of hydrogen-bond donors (Lipinski definition) is 2. The summed E-state index contributed by atoms with van der Waals surface area (Å²) < 4.78 is 66.3. The van der Waals surface area contributed by atoms with E-state index in [9.17, 15) is 26.7 Å². The van der Waals surface area contributed by atoms with E-state index in [1.54, 1.807) is 0 Å². The van der Waals surface area contributed by atoms with Gasteiger partial charge in [0, 0.05) is 26.9 Å². The number of aromatic nitrogens is 9. The molecule has 0 radical (unpaired) electrons. The number of H-pyrrole nitrogens is 1. The normalized spacial score (nSPS) is 16.2. The van der Waals surface area contributed by atoms with Crippen molar-refractivity contribution in [3.63, 3.8) is 0 Å². The maximum absolute atomic E-state index is 13.5. The van der Waals surface area contributed by atoms with Gasteiger partial charge in [-0.15, -0.1) is 0 Å². The quantitative estimate of drug-likeness (QED) is 0.383. The molecule has 0 aliphatic carbocycles. The Bertz CT molecular complexity index is 1480. The number of amides is 1. The van der Waals surface area contributed by atoms with Crippen LogP contribution in [0.25, 0.3) is 22.6 Å². The third-order valence-corrected chi connectivity index (χ3v) is 5.80. The minimum atomic E-state index is -5.71. The summed E-state index contributed by atoms with van der Waals surface area (Å²) in [5.74, 6) is -6.50. The first-order valence-electron chi connectivity index (χ1n) is 10.3. The molecule has 1 aliphatic rings. The number of rotatable bonds is 5. The molecule has 0 bridgehead atoms. The van der Waals surface area contributed by atoms with Gasteiger partial charge in [-0.25, -0.2) is 19.9 Å². The third kappa shape index (κ3) is 3.57. The molecular formula is C19H16F5N11O. The summed E-state index contributed by atoms with van der Waals surface area (Å²) in [6.07, 6.45) is -5.30. The van der Waals surface area contributed by atoms with Crippen LogP contribution in [-0.2, 0) is 18.3 Å². The fourth-order valence-electron chi connectivity index (χ4n) is 3.92. The van der Waals surface area contributed by atoms with Crippen LogP contribution in [0.3, 0.4) is 0 Å². The largest absolute Gasteiger partial charge is 0.453 e. The van der Waals surface area contributed by atoms with E-state index in [1.807, 2.05) is 0 Å². The lowest BCUT2D eigenvalue weighted by atomic mass is 9.99. The van der Waals surface area contributed by atoms with E-state index < -0.39 is 30.9 Å². The maximum Gasteiger partial charge on any atom is 0.453 e. The Morgan fingerprint density at radius 3 is 2.50 bits per heavy atom. The lowest BCUT2D eigenvalue weighted by Crippen LogP contribution is -2.36. The van der Waals surface area contributed by atoms with E-state index in [0.29, 0.717) is 16.6 Å². The fraction of sp³-hybridized carbons (Fsp3) is 0.368. The summed E-state index contributed by atoms with van der Waals surface area (Å²) in [5.41, 5.74) is 6.98. The highest BCUT2D eigenvalue weighted by molar-refractivity contribution is 6.07. The lowest BCUT2D eigenvalue weighted by molar-refractivity contribution is -0.284. The summed E-state index contributed by atoms with van der Waals surface area (Å²) in [4.78, 5) is 31.1. The number of nitrogens with zero attached hydrogens (tertiary/aromatic N) is 9. The molecule has 1 aliphatic heterocycles. The van der Waals surface area contributed by atoms with Gasteiger partial charge in [-0.05, 0) is 0 Å². The van der Waals surface area contributed by atoms with Crippen molar-refractivity contribution in [2.75, 3.05) is 17.7 Å². The molecule has 0 saturated heterocycles. The predicted molar refractivity (Wildman–Crippen MR) is 113 cm³/mol. The number of hydrogen-bond acceptors (Lipinski definition) is 9. The highest BCUT2D eigenvalue weighted by Gasteiger charge is 2.56. The lowest BCUT2D eigenvalue weighted by Gasteiger charge is -2.19. The van der Waals surface area contributed by atoms with E-state index in [4.69, 9.17) is 5.73 Å². The number of aryl methyl sites for hydroxylation is 2. The van der Waals surface area contributed by atoms with Crippen LogP contribution in [0, 0.1) is 0 Å². The molecule has 4 aromatic heterocycles. The SMILES string of the molecule is CN1C(=O)[C@H](c2cn[nH]n2)c2c(N)nc(-c3nc(CCC(F)(F)C(F)(F)F)nc4c3cnn4C)nc21. The summed E-state index contributed by atoms with van der Waals surface area (Å²) in [6, 6.07) is 0. The van der Waals surface area contributed by atoms with Gasteiger partial charge in [0.2, 0.25) is 5.91 Å². The van der Waals surface area contributed by atoms with Gasteiger partial charge in [0.05, 0.1) is 29.0 Å². The molecule has 36 heavy (non-hydrogen) atoms. The van der Waals surface area contributed by atoms with Gasteiger partial charge in [0.1, 0.15) is 29.1 Å². The number of alkyl halides is 5. The Morgan fingerprint density at radius 1 is 1.08 bits per heavy atom. The second kappa shape index (κ2) is 7.85. The first-order valence-corrected chi connectivity index (χ1v) is 10.3. The Kier molecular flexibility index (Phi) is 5.11. The first-order chi connectivity index (χ1) is 16.9. The van der Waals surface area contributed by atoms with Crippen LogP contribution >= 0.6 is 0 Å². The van der Waals surface area contributed by atoms with Crippen molar-refractivity contribution in [1.29, 1.82) is 0 Å². The van der Waals surface area contributed by atoms with Crippen LogP contribution < -0.4 is 10.6 Å². The van der Waals surface area contributed by atoms with E-state index in [-0.39, 0.29) is 40.5 Å². The molecule has 12 nitrogen and oxygen atoms in total. The van der Waals surface area contributed by atoms with Gasteiger partial charge in [-0.3, -0.25) is 14.4 Å². The van der Waals surface area contributed by atoms with Gasteiger partial charge in [0.25, 0.3) is 0 Å². The van der Waals surface area contributed by atoms with E-state index in [1.165, 1.54) is 36.1 Å². The summed E-state index contributed by atoms with van der Waals surface area (Å²) >= 11 is 0. The molecule has 0 aromatic carbocycles. The first kappa shape index (κ1) is 23.4. The molecule has 5 rings (SSSR count). The number of aromatic amines is 1. The van der Waals surface area contributed by atoms with E-state index in [2.05, 4.69) is 40.4 Å². The molecule has 0 saturated carbocycles. The van der Waals surface area contributed by atoms with E-state index >= 15 is 0 Å². The zero-order valence-corrected chi connectivity index (χ0v) is 18.5. The van der Waals surface area contributed by atoms with Crippen molar-refractivity contribution in [3.8, 4) is 11.5 Å². The maximum atomic E-state index is 13.5. The average molecular weight is 509 g/mol. The molecular weight excluding hydrogens is 493 g/mol. The summed E-state index contributed by atoms with van der Waals surface area (Å²) in [6.45, 7) is 0. The Morgan fingerprint density at radius 2 is 1.83 bits per heavy atom. The Hall–Kier alpha value is -4.31. The molecule has 188 valence electrons. The van der Waals surface area contributed by atoms with Crippen molar-refractivity contribution in [2.45, 2.75) is 30.9 Å². The highest BCUT2D eigenvalue weighted by Crippen LogP contribution is 2.42. The van der Waals surface area contributed by atoms with Gasteiger partial charge in [-0.1, -0.05) is 0 Å². The molecule has 1 atom stereocenters. The number of fused-ring (bicyclic) bond motifs is 2. The Balaban J connectivity index is 1.61. The minimum Gasteiger partial charge on any atom is -0.383 e. The number of carbonyl (C=O) groups excluding carboxylic acids is 1. The highest BCUT2D eigenvalue weighted by atomic mass is 19.4. The van der Waals surface area contributed by atoms with Crippen molar-refractivity contribution in [3.05, 3.63) is 29.5 Å². The van der Waals surface area contributed by atoms with Crippen molar-refractivity contribution in [1.82, 2.24) is 45.1 Å². The van der Waals surface area contributed by atoms with Gasteiger partial charge in [-0.2, -0.15) is 42.5 Å². The number of nitrogens with two attached hydrogens (primary N) is 1. The van der Waals surface area contributed by atoms with Crippen LogP contribution in [0.15, 0.2) is 12.4 Å². The minimum absolute atomic E-state index is 0.0126. The molecule has 1 amide bonds. The fourth-order valence-corrected chi connectivity index (χ4v) is 3.92. The van der Waals surface area contributed by atoms with Gasteiger partial charge < -0.3 is 5.73 Å². The number of likely N-dealkylation sites (N-methyl/N-ethyl adjacent to an activating group) is 1.